The molecule has 0 aliphatic carbocycles. The Morgan fingerprint density at radius 1 is 1.22 bits per heavy atom. The minimum atomic E-state index is 0. The van der Waals surface area contributed by atoms with E-state index in [1.165, 1.54) is 0 Å². The summed E-state index contributed by atoms with van der Waals surface area (Å²) in [7, 11) is 0. The van der Waals surface area contributed by atoms with Crippen molar-refractivity contribution in [2.24, 2.45) is 0 Å². The van der Waals surface area contributed by atoms with E-state index in [0.29, 0.717) is 9.50 Å². The molecule has 0 aromatic carbocycles. The minimum Gasteiger partial charge on any atom is -0.741 e. The van der Waals surface area contributed by atoms with E-state index in [-0.39, 0.29) is 59.1 Å². The second-order valence-corrected chi connectivity index (χ2v) is 2.60. The van der Waals surface area contributed by atoms with Crippen LogP contribution in [0.2, 0.25) is 0 Å². The topological polar surface area (TPSA) is 25.8 Å². The number of rotatable bonds is 0. The van der Waals surface area contributed by atoms with Crippen molar-refractivity contribution in [3.8, 4) is 0 Å². The Hall–Kier alpha value is 2.00. The summed E-state index contributed by atoms with van der Waals surface area (Å²) in [5, 5.41) is 0.356. The van der Waals surface area contributed by atoms with Gasteiger partial charge in [-0.1, -0.05) is 0 Å². The molecule has 0 fully saturated rings. The Morgan fingerprint density at radius 3 is 1.89 bits per heavy atom. The first-order valence-corrected chi connectivity index (χ1v) is 3.06. The molecule has 1 aromatic rings. The summed E-state index contributed by atoms with van der Waals surface area (Å²) >= 11 is 10.3. The van der Waals surface area contributed by atoms with E-state index in [4.69, 9.17) is 0 Å². The van der Waals surface area contributed by atoms with Gasteiger partial charge in [-0.3, -0.25) is 16.5 Å². The molecule has 0 amide bonds. The van der Waals surface area contributed by atoms with Crippen molar-refractivity contribution in [3.05, 3.63) is 0 Å². The molecule has 0 aliphatic rings. The van der Waals surface area contributed by atoms with Crippen molar-refractivity contribution < 1.29 is 59.1 Å². The quantitative estimate of drug-likeness (QED) is 0.304. The monoisotopic (exact) mass is 194 g/mol. The predicted molar refractivity (Wildman–Crippen MR) is 31.2 cm³/mol. The first-order chi connectivity index (χ1) is 3.29. The summed E-state index contributed by atoms with van der Waals surface area (Å²) in [5.41, 5.74) is 0. The van der Waals surface area contributed by atoms with Gasteiger partial charge in [0, 0.05) is 0 Å². The third-order valence-electron chi connectivity index (χ3n) is 0.389. The van der Waals surface area contributed by atoms with Gasteiger partial charge >= 0.3 is 59.1 Å². The van der Waals surface area contributed by atoms with E-state index in [0.717, 1.165) is 11.5 Å². The molecule has 0 spiro atoms. The SMILES string of the molecule is [Na+].[Na+].[S-]c1nsc([S-])n1. The van der Waals surface area contributed by atoms with E-state index in [1.807, 2.05) is 0 Å². The van der Waals surface area contributed by atoms with Crippen molar-refractivity contribution in [1.82, 2.24) is 9.36 Å². The van der Waals surface area contributed by atoms with Gasteiger partial charge < -0.3 is 29.6 Å². The molecule has 9 heavy (non-hydrogen) atoms. The molecule has 0 N–H and O–H groups in total. The number of aromatic nitrogens is 2. The fraction of sp³-hybridized carbons (Fsp3) is 0. The van der Waals surface area contributed by atoms with E-state index in [9.17, 15) is 0 Å². The van der Waals surface area contributed by atoms with Crippen molar-refractivity contribution in [2.75, 3.05) is 0 Å². The Morgan fingerprint density at radius 2 is 1.78 bits per heavy atom. The Bertz CT molecular complexity index is 150. The Kier molecular flexibility index (Phi) is 10.1. The second-order valence-electron chi connectivity index (χ2n) is 0.843. The molecule has 0 unspecified atom stereocenters. The summed E-state index contributed by atoms with van der Waals surface area (Å²) in [6, 6.07) is 0. The van der Waals surface area contributed by atoms with Gasteiger partial charge in [0.15, 0.2) is 0 Å². The van der Waals surface area contributed by atoms with Gasteiger partial charge in [-0.05, 0) is 9.50 Å². The van der Waals surface area contributed by atoms with Crippen LogP contribution in [0.15, 0.2) is 9.50 Å². The van der Waals surface area contributed by atoms with E-state index in [1.54, 1.807) is 0 Å². The van der Waals surface area contributed by atoms with Crippen LogP contribution >= 0.6 is 11.5 Å². The summed E-state index contributed by atoms with van der Waals surface area (Å²) < 4.78 is 4.18. The van der Waals surface area contributed by atoms with Gasteiger partial charge in [0.25, 0.3) is 0 Å². The molecule has 0 radical (unpaired) electrons. The smallest absolute Gasteiger partial charge is 0.741 e. The molecule has 38 valence electrons. The van der Waals surface area contributed by atoms with Crippen LogP contribution in [0.25, 0.3) is 0 Å². The van der Waals surface area contributed by atoms with Crippen LogP contribution < -0.4 is 59.1 Å². The van der Waals surface area contributed by atoms with Gasteiger partial charge in [-0.25, -0.2) is 0 Å². The first kappa shape index (κ1) is 13.6. The molecule has 1 heterocycles. The predicted octanol–water partition coefficient (Wildman–Crippen LogP) is -5.64. The normalized spacial score (nSPS) is 7.11. The minimum absolute atomic E-state index is 0. The largest absolute Gasteiger partial charge is 1.00 e. The van der Waals surface area contributed by atoms with Gasteiger partial charge in [-0.15, -0.1) is 0 Å². The van der Waals surface area contributed by atoms with E-state index >= 15 is 0 Å². The third kappa shape index (κ3) is 5.29. The fourth-order valence-electron chi connectivity index (χ4n) is 0.197. The summed E-state index contributed by atoms with van der Waals surface area (Å²) in [5.74, 6) is 0. The van der Waals surface area contributed by atoms with Crippen LogP contribution in [-0.2, 0) is 25.3 Å². The second kappa shape index (κ2) is 6.69. The van der Waals surface area contributed by atoms with Gasteiger partial charge in [0.1, 0.15) is 0 Å². The zero-order valence-electron chi connectivity index (χ0n) is 5.12. The molecule has 7 heteroatoms. The first-order valence-electron chi connectivity index (χ1n) is 1.47. The molecular weight excluding hydrogens is 194 g/mol. The van der Waals surface area contributed by atoms with Gasteiger partial charge in [0.2, 0.25) is 0 Å². The number of hydrogen-bond acceptors (Lipinski definition) is 5. The molecule has 0 atom stereocenters. The maximum absolute atomic E-state index is 4.61. The maximum atomic E-state index is 4.61. The molecule has 0 saturated carbocycles. The standard InChI is InChI=1S/C2H2N2S3.2Na/c5-1-3-2(6)7-4-1;;/h(H2,3,4,5,6);;/q;2*+1/p-2. The molecule has 1 rings (SSSR count). The van der Waals surface area contributed by atoms with Gasteiger partial charge in [-0.2, -0.15) is 0 Å². The molecule has 0 saturated heterocycles. The van der Waals surface area contributed by atoms with Crippen molar-refractivity contribution in [2.45, 2.75) is 9.50 Å². The fourth-order valence-corrected chi connectivity index (χ4v) is 1.04. The van der Waals surface area contributed by atoms with Crippen LogP contribution in [-0.4, -0.2) is 9.36 Å². The van der Waals surface area contributed by atoms with Crippen LogP contribution in [0.5, 0.6) is 0 Å². The average Bonchev–Trinajstić information content (AvgIpc) is 1.87. The summed E-state index contributed by atoms with van der Waals surface area (Å²) in [6.07, 6.45) is 0. The van der Waals surface area contributed by atoms with Crippen LogP contribution in [0.1, 0.15) is 0 Å². The number of nitrogens with zero attached hydrogens (tertiary/aromatic N) is 2. The van der Waals surface area contributed by atoms with Crippen LogP contribution in [0.4, 0.5) is 0 Å². The van der Waals surface area contributed by atoms with Crippen molar-refractivity contribution in [1.29, 1.82) is 0 Å². The average molecular weight is 194 g/mol. The molecule has 0 bridgehead atoms. The number of hydrogen-bond donors (Lipinski definition) is 0. The summed E-state index contributed by atoms with van der Waals surface area (Å²) in [4.78, 5) is 3.65. The molecular formula is C2N2Na2S3. The van der Waals surface area contributed by atoms with Crippen molar-refractivity contribution >= 4 is 36.8 Å². The van der Waals surface area contributed by atoms with E-state index in [2.05, 4.69) is 34.6 Å². The zero-order valence-corrected chi connectivity index (χ0v) is 11.6. The summed E-state index contributed by atoms with van der Waals surface area (Å²) in [6.45, 7) is 0. The molecule has 0 aliphatic heterocycles. The van der Waals surface area contributed by atoms with Gasteiger partial charge in [0.05, 0.1) is 0 Å². The molecule has 1 aromatic heterocycles. The van der Waals surface area contributed by atoms with Crippen LogP contribution in [0, 0.1) is 0 Å². The third-order valence-corrected chi connectivity index (χ3v) is 1.51. The Balaban J connectivity index is 0. The zero-order chi connectivity index (χ0) is 5.28. The molecule has 2 nitrogen and oxygen atoms in total. The van der Waals surface area contributed by atoms with E-state index < -0.39 is 0 Å². The van der Waals surface area contributed by atoms with Crippen LogP contribution in [0.3, 0.4) is 0 Å². The maximum Gasteiger partial charge on any atom is 1.00 e. The van der Waals surface area contributed by atoms with Crippen molar-refractivity contribution in [3.63, 3.8) is 0 Å². The Labute approximate surface area is 113 Å².